The maximum absolute atomic E-state index is 13.1. The molecular weight excluding hydrogens is 422 g/mol. The number of nitrogens with one attached hydrogen (secondary N) is 1. The zero-order valence-electron chi connectivity index (χ0n) is 17.5. The first-order valence-corrected chi connectivity index (χ1v) is 13.1. The SMILES string of the molecule is CCN(Cc1ccccc1)S(=O)(=O)c1ccc(S(=O)(=O)N2CC[NH+](CC)CC2)cc1. The van der Waals surface area contributed by atoms with E-state index in [1.165, 1.54) is 37.8 Å². The summed E-state index contributed by atoms with van der Waals surface area (Å²) in [7, 11) is -7.34. The number of quaternary nitrogens is 1. The van der Waals surface area contributed by atoms with Crippen molar-refractivity contribution < 1.29 is 21.7 Å². The van der Waals surface area contributed by atoms with Gasteiger partial charge in [0, 0.05) is 13.1 Å². The first kappa shape index (κ1) is 22.9. The molecule has 0 saturated carbocycles. The average molecular weight is 453 g/mol. The molecule has 1 N–H and O–H groups in total. The van der Waals surface area contributed by atoms with Crippen LogP contribution in [-0.2, 0) is 26.6 Å². The van der Waals surface area contributed by atoms with Gasteiger partial charge in [0.2, 0.25) is 20.0 Å². The summed E-state index contributed by atoms with van der Waals surface area (Å²) in [4.78, 5) is 1.62. The Hall–Kier alpha value is -1.78. The van der Waals surface area contributed by atoms with E-state index >= 15 is 0 Å². The maximum Gasteiger partial charge on any atom is 0.243 e. The molecule has 0 unspecified atom stereocenters. The van der Waals surface area contributed by atoms with E-state index < -0.39 is 20.0 Å². The Morgan fingerprint density at radius 1 is 0.867 bits per heavy atom. The minimum absolute atomic E-state index is 0.0967. The summed E-state index contributed by atoms with van der Waals surface area (Å²) in [6.45, 7) is 7.98. The summed E-state index contributed by atoms with van der Waals surface area (Å²) in [5, 5.41) is 0. The molecule has 1 heterocycles. The van der Waals surface area contributed by atoms with Crippen LogP contribution < -0.4 is 4.90 Å². The molecule has 1 fully saturated rings. The lowest BCUT2D eigenvalue weighted by Crippen LogP contribution is -3.14. The predicted molar refractivity (Wildman–Crippen MR) is 116 cm³/mol. The van der Waals surface area contributed by atoms with Gasteiger partial charge in [0.25, 0.3) is 0 Å². The van der Waals surface area contributed by atoms with Crippen molar-refractivity contribution in [3.8, 4) is 0 Å². The number of hydrogen-bond donors (Lipinski definition) is 1. The standard InChI is InChI=1S/C21H29N3O4S2/c1-3-22-14-16-24(17-15-22)30(27,28)21-12-10-20(11-13-21)29(25,26)23(4-2)18-19-8-6-5-7-9-19/h5-13H,3-4,14-18H2,1-2H3/p+1. The molecule has 7 nitrogen and oxygen atoms in total. The van der Waals surface area contributed by atoms with Crippen LogP contribution in [0.4, 0.5) is 0 Å². The van der Waals surface area contributed by atoms with Crippen LogP contribution in [-0.4, -0.2) is 64.7 Å². The highest BCUT2D eigenvalue weighted by Crippen LogP contribution is 2.22. The monoisotopic (exact) mass is 452 g/mol. The summed E-state index contributed by atoms with van der Waals surface area (Å²) in [5.41, 5.74) is 0.899. The molecule has 0 radical (unpaired) electrons. The summed E-state index contributed by atoms with van der Waals surface area (Å²) in [6, 6.07) is 15.0. The molecule has 0 amide bonds. The lowest BCUT2D eigenvalue weighted by atomic mass is 10.2. The van der Waals surface area contributed by atoms with E-state index in [1.807, 2.05) is 30.3 Å². The number of piperazine rings is 1. The van der Waals surface area contributed by atoms with E-state index in [0.717, 1.165) is 25.2 Å². The van der Waals surface area contributed by atoms with Crippen molar-refractivity contribution in [2.45, 2.75) is 30.2 Å². The van der Waals surface area contributed by atoms with E-state index in [-0.39, 0.29) is 16.3 Å². The molecule has 2 aromatic rings. The summed E-state index contributed by atoms with van der Waals surface area (Å²) < 4.78 is 54.9. The number of likely N-dealkylation sites (N-methyl/N-ethyl adjacent to an activating group) is 1. The average Bonchev–Trinajstić information content (AvgIpc) is 2.78. The van der Waals surface area contributed by atoms with Crippen LogP contribution in [0.25, 0.3) is 0 Å². The highest BCUT2D eigenvalue weighted by Gasteiger charge is 2.30. The Kier molecular flexibility index (Phi) is 7.30. The van der Waals surface area contributed by atoms with Gasteiger partial charge >= 0.3 is 0 Å². The number of rotatable bonds is 8. The third-order valence-corrected chi connectivity index (χ3v) is 9.43. The maximum atomic E-state index is 13.1. The van der Waals surface area contributed by atoms with E-state index in [4.69, 9.17) is 0 Å². The molecule has 164 valence electrons. The molecule has 0 spiro atoms. The van der Waals surface area contributed by atoms with Crippen LogP contribution in [0.15, 0.2) is 64.4 Å². The van der Waals surface area contributed by atoms with Gasteiger partial charge in [-0.2, -0.15) is 8.61 Å². The van der Waals surface area contributed by atoms with Crippen molar-refractivity contribution in [2.75, 3.05) is 39.3 Å². The molecule has 1 saturated heterocycles. The van der Waals surface area contributed by atoms with E-state index in [1.54, 1.807) is 6.92 Å². The molecule has 3 rings (SSSR count). The summed E-state index contributed by atoms with van der Waals surface area (Å²) in [6.07, 6.45) is 0. The van der Waals surface area contributed by atoms with Gasteiger partial charge in [-0.25, -0.2) is 16.8 Å². The van der Waals surface area contributed by atoms with Gasteiger partial charge in [0.05, 0.1) is 42.5 Å². The van der Waals surface area contributed by atoms with Crippen LogP contribution in [0, 0.1) is 0 Å². The van der Waals surface area contributed by atoms with E-state index in [2.05, 4.69) is 6.92 Å². The first-order chi connectivity index (χ1) is 14.3. The fourth-order valence-corrected chi connectivity index (χ4v) is 6.51. The fourth-order valence-electron chi connectivity index (χ4n) is 3.63. The Morgan fingerprint density at radius 2 is 1.43 bits per heavy atom. The Labute approximate surface area is 180 Å². The minimum Gasteiger partial charge on any atom is -0.333 e. The Bertz CT molecular complexity index is 1030. The van der Waals surface area contributed by atoms with Crippen molar-refractivity contribution >= 4 is 20.0 Å². The molecular formula is C21H30N3O4S2+. The van der Waals surface area contributed by atoms with Gasteiger partial charge in [0.1, 0.15) is 0 Å². The number of nitrogens with zero attached hydrogens (tertiary/aromatic N) is 2. The highest BCUT2D eigenvalue weighted by molar-refractivity contribution is 7.89. The molecule has 0 aromatic heterocycles. The quantitative estimate of drug-likeness (QED) is 0.643. The van der Waals surface area contributed by atoms with Crippen LogP contribution in [0.1, 0.15) is 19.4 Å². The highest BCUT2D eigenvalue weighted by atomic mass is 32.2. The fraction of sp³-hybridized carbons (Fsp3) is 0.429. The zero-order chi connectivity index (χ0) is 21.8. The third kappa shape index (κ3) is 4.92. The van der Waals surface area contributed by atoms with Crippen molar-refractivity contribution in [1.29, 1.82) is 0 Å². The van der Waals surface area contributed by atoms with Crippen LogP contribution >= 0.6 is 0 Å². The molecule has 1 aliphatic rings. The molecule has 2 aromatic carbocycles. The minimum atomic E-state index is -3.73. The Balaban J connectivity index is 1.78. The van der Waals surface area contributed by atoms with Crippen molar-refractivity contribution in [1.82, 2.24) is 8.61 Å². The number of benzene rings is 2. The van der Waals surface area contributed by atoms with Gasteiger partial charge in [-0.15, -0.1) is 0 Å². The van der Waals surface area contributed by atoms with Gasteiger partial charge in [-0.1, -0.05) is 37.3 Å². The molecule has 30 heavy (non-hydrogen) atoms. The summed E-state index contributed by atoms with van der Waals surface area (Å²) in [5.74, 6) is 0. The lowest BCUT2D eigenvalue weighted by Gasteiger charge is -2.30. The molecule has 1 aliphatic heterocycles. The second-order valence-corrected chi connectivity index (χ2v) is 11.3. The normalized spacial score (nSPS) is 16.8. The van der Waals surface area contributed by atoms with Gasteiger partial charge in [-0.05, 0) is 36.8 Å². The topological polar surface area (TPSA) is 79.2 Å². The van der Waals surface area contributed by atoms with Crippen LogP contribution in [0.5, 0.6) is 0 Å². The van der Waals surface area contributed by atoms with Crippen LogP contribution in [0.2, 0.25) is 0 Å². The zero-order valence-corrected chi connectivity index (χ0v) is 19.1. The Morgan fingerprint density at radius 3 is 1.97 bits per heavy atom. The van der Waals surface area contributed by atoms with Crippen LogP contribution in [0.3, 0.4) is 0 Å². The summed E-state index contributed by atoms with van der Waals surface area (Å²) >= 11 is 0. The predicted octanol–water partition coefficient (Wildman–Crippen LogP) is 0.807. The van der Waals surface area contributed by atoms with Gasteiger partial charge in [-0.3, -0.25) is 0 Å². The van der Waals surface area contributed by atoms with E-state index in [9.17, 15) is 16.8 Å². The van der Waals surface area contributed by atoms with Gasteiger partial charge in [0.15, 0.2) is 0 Å². The molecule has 0 aliphatic carbocycles. The molecule has 0 bridgehead atoms. The number of sulfonamides is 2. The largest absolute Gasteiger partial charge is 0.333 e. The molecule has 0 atom stereocenters. The van der Waals surface area contributed by atoms with Crippen molar-refractivity contribution in [3.05, 3.63) is 60.2 Å². The second-order valence-electron chi connectivity index (χ2n) is 7.40. The van der Waals surface area contributed by atoms with Gasteiger partial charge < -0.3 is 4.90 Å². The van der Waals surface area contributed by atoms with Crippen molar-refractivity contribution in [3.63, 3.8) is 0 Å². The molecule has 9 heteroatoms. The second kappa shape index (κ2) is 9.57. The lowest BCUT2D eigenvalue weighted by molar-refractivity contribution is -0.901. The van der Waals surface area contributed by atoms with E-state index in [0.29, 0.717) is 19.6 Å². The number of hydrogen-bond acceptors (Lipinski definition) is 4. The smallest absolute Gasteiger partial charge is 0.243 e. The third-order valence-electron chi connectivity index (χ3n) is 5.58. The van der Waals surface area contributed by atoms with Crippen molar-refractivity contribution in [2.24, 2.45) is 0 Å². The first-order valence-electron chi connectivity index (χ1n) is 10.3.